The molecule has 196 valence electrons. The van der Waals surface area contributed by atoms with E-state index in [2.05, 4.69) is 16.6 Å². The Morgan fingerprint density at radius 3 is 1.85 bits per heavy atom. The lowest BCUT2D eigenvalue weighted by molar-refractivity contribution is -0.147. The van der Waals surface area contributed by atoms with E-state index in [9.17, 15) is 22.8 Å². The van der Waals surface area contributed by atoms with Crippen molar-refractivity contribution in [2.45, 2.75) is 95.1 Å². The molecule has 0 rings (SSSR count). The summed E-state index contributed by atoms with van der Waals surface area (Å²) in [4.78, 5) is 33.9. The topological polar surface area (TPSA) is 147 Å². The van der Waals surface area contributed by atoms with Crippen LogP contribution in [0.15, 0.2) is 24.8 Å². The molecule has 10 heteroatoms. The summed E-state index contributed by atoms with van der Waals surface area (Å²) >= 11 is 0. The Morgan fingerprint density at radius 2 is 1.38 bits per heavy atom. The summed E-state index contributed by atoms with van der Waals surface area (Å²) in [6.45, 7) is 3.48. The number of carboxylic acids is 1. The molecule has 0 aliphatic carbocycles. The molecule has 34 heavy (non-hydrogen) atoms. The zero-order valence-corrected chi connectivity index (χ0v) is 20.9. The van der Waals surface area contributed by atoms with Crippen molar-refractivity contribution >= 4 is 28.0 Å². The van der Waals surface area contributed by atoms with Crippen LogP contribution in [-0.4, -0.2) is 54.3 Å². The van der Waals surface area contributed by atoms with Gasteiger partial charge in [0.2, 0.25) is 5.91 Å². The monoisotopic (exact) mass is 503 g/mol. The number of allylic oxidation sites excluding steroid dienone is 2. The highest BCUT2D eigenvalue weighted by Gasteiger charge is 2.33. The number of carboxylic acid groups (broad SMARTS) is 1. The van der Waals surface area contributed by atoms with Crippen LogP contribution in [0.3, 0.4) is 0 Å². The first-order valence-electron chi connectivity index (χ1n) is 12.1. The third kappa shape index (κ3) is 19.3. The van der Waals surface area contributed by atoms with Gasteiger partial charge in [-0.15, -0.1) is 6.58 Å². The Hall–Kier alpha value is -2.20. The normalized spacial score (nSPS) is 12.4. The number of unbranched alkanes of at least 4 members (excludes halogenated alkanes) is 12. The standard InChI is InChI=1S/C24H41NO8S/c1-2-3-4-5-6-7-8-9-10-11-12-13-14-15-16-17-22(26)25-18-19-33-23(27)20-21(24(28)29)34(30,31)32/h2,16-17,21H,1,3-15,18-20H2,(H,25,26)(H,28,29)(H,30,31,32)/b17-16+. The van der Waals surface area contributed by atoms with Crippen molar-refractivity contribution in [3.05, 3.63) is 24.8 Å². The van der Waals surface area contributed by atoms with Crippen molar-refractivity contribution in [1.29, 1.82) is 0 Å². The largest absolute Gasteiger partial charge is 0.480 e. The van der Waals surface area contributed by atoms with Crippen molar-refractivity contribution in [1.82, 2.24) is 5.32 Å². The maximum absolute atomic E-state index is 11.7. The SMILES string of the molecule is C=CCCCCCCCCCCCCC/C=C/C(=O)NCCOC(=O)CC(C(=O)O)S(=O)(=O)O. The first-order valence-corrected chi connectivity index (χ1v) is 13.6. The van der Waals surface area contributed by atoms with Gasteiger partial charge in [-0.2, -0.15) is 8.42 Å². The second kappa shape index (κ2) is 20.2. The van der Waals surface area contributed by atoms with E-state index in [1.165, 1.54) is 63.9 Å². The van der Waals surface area contributed by atoms with Gasteiger partial charge in [-0.05, 0) is 31.8 Å². The summed E-state index contributed by atoms with van der Waals surface area (Å²) in [7, 11) is -4.91. The molecule has 0 saturated carbocycles. The van der Waals surface area contributed by atoms with Crippen molar-refractivity contribution < 1.29 is 37.2 Å². The Morgan fingerprint density at radius 1 is 0.882 bits per heavy atom. The number of hydrogen-bond acceptors (Lipinski definition) is 6. The van der Waals surface area contributed by atoms with E-state index in [4.69, 9.17) is 9.66 Å². The first kappa shape index (κ1) is 31.8. The number of rotatable bonds is 22. The molecule has 1 unspecified atom stereocenters. The van der Waals surface area contributed by atoms with Gasteiger partial charge in [-0.3, -0.25) is 18.9 Å². The minimum atomic E-state index is -4.91. The van der Waals surface area contributed by atoms with Crippen LogP contribution in [0.1, 0.15) is 89.9 Å². The van der Waals surface area contributed by atoms with E-state index in [1.54, 1.807) is 6.08 Å². The second-order valence-corrected chi connectivity index (χ2v) is 9.81. The molecule has 0 radical (unpaired) electrons. The molecule has 0 aromatic carbocycles. The van der Waals surface area contributed by atoms with E-state index in [-0.39, 0.29) is 19.1 Å². The van der Waals surface area contributed by atoms with E-state index in [0.29, 0.717) is 0 Å². The maximum atomic E-state index is 11.7. The summed E-state index contributed by atoms with van der Waals surface area (Å²) in [5.74, 6) is -3.30. The number of aliphatic carboxylic acids is 1. The van der Waals surface area contributed by atoms with Crippen molar-refractivity contribution in [3.63, 3.8) is 0 Å². The van der Waals surface area contributed by atoms with Crippen LogP contribution in [0.2, 0.25) is 0 Å². The zero-order valence-electron chi connectivity index (χ0n) is 20.1. The smallest absolute Gasteiger partial charge is 0.325 e. The van der Waals surface area contributed by atoms with Gasteiger partial charge in [0.25, 0.3) is 10.1 Å². The molecule has 9 nitrogen and oxygen atoms in total. The third-order valence-electron chi connectivity index (χ3n) is 5.20. The number of amides is 1. The van der Waals surface area contributed by atoms with Crippen LogP contribution in [0.25, 0.3) is 0 Å². The summed E-state index contributed by atoms with van der Waals surface area (Å²) in [5.41, 5.74) is 0. The van der Waals surface area contributed by atoms with Crippen LogP contribution in [0.4, 0.5) is 0 Å². The molecule has 0 saturated heterocycles. The van der Waals surface area contributed by atoms with Crippen molar-refractivity contribution in [2.75, 3.05) is 13.2 Å². The zero-order chi connectivity index (χ0) is 25.7. The van der Waals surface area contributed by atoms with Gasteiger partial charge in [0, 0.05) is 0 Å². The summed E-state index contributed by atoms with van der Waals surface area (Å²) in [5, 5.41) is 8.94. The van der Waals surface area contributed by atoms with Crippen molar-refractivity contribution in [3.8, 4) is 0 Å². The number of esters is 1. The minimum Gasteiger partial charge on any atom is -0.480 e. The first-order chi connectivity index (χ1) is 16.2. The van der Waals surface area contributed by atoms with Crippen LogP contribution >= 0.6 is 0 Å². The Balaban J connectivity index is 3.63. The molecule has 0 spiro atoms. The lowest BCUT2D eigenvalue weighted by Gasteiger charge is -2.09. The molecule has 0 aromatic heterocycles. The predicted octanol–water partition coefficient (Wildman–Crippen LogP) is 4.19. The lowest BCUT2D eigenvalue weighted by atomic mass is 10.0. The average Bonchev–Trinajstić information content (AvgIpc) is 2.76. The molecule has 0 fully saturated rings. The molecule has 1 atom stereocenters. The van der Waals surface area contributed by atoms with E-state index < -0.39 is 33.7 Å². The van der Waals surface area contributed by atoms with Crippen LogP contribution in [-0.2, 0) is 29.2 Å². The molecule has 0 aliphatic rings. The Bertz CT molecular complexity index is 733. The molecular weight excluding hydrogens is 462 g/mol. The summed E-state index contributed by atoms with van der Waals surface area (Å²) < 4.78 is 35.3. The predicted molar refractivity (Wildman–Crippen MR) is 131 cm³/mol. The quantitative estimate of drug-likeness (QED) is 0.0655. The highest BCUT2D eigenvalue weighted by atomic mass is 32.2. The fourth-order valence-electron chi connectivity index (χ4n) is 3.26. The molecule has 0 bridgehead atoms. The highest BCUT2D eigenvalue weighted by molar-refractivity contribution is 7.87. The summed E-state index contributed by atoms with van der Waals surface area (Å²) in [6, 6.07) is 0. The van der Waals surface area contributed by atoms with Gasteiger partial charge in [-0.1, -0.05) is 69.9 Å². The van der Waals surface area contributed by atoms with Crippen molar-refractivity contribution in [2.24, 2.45) is 0 Å². The van der Waals surface area contributed by atoms with Gasteiger partial charge in [0.05, 0.1) is 13.0 Å². The molecule has 0 aromatic rings. The van der Waals surface area contributed by atoms with Gasteiger partial charge in [0.1, 0.15) is 6.61 Å². The minimum absolute atomic E-state index is 0.00660. The molecule has 1 amide bonds. The number of hydrogen-bond donors (Lipinski definition) is 3. The van der Waals surface area contributed by atoms with Gasteiger partial charge in [0.15, 0.2) is 5.25 Å². The fraction of sp³-hybridized carbons (Fsp3) is 0.708. The molecular formula is C24H41NO8S. The number of ether oxygens (including phenoxy) is 1. The van der Waals surface area contributed by atoms with Crippen LogP contribution in [0, 0.1) is 0 Å². The van der Waals surface area contributed by atoms with E-state index in [0.717, 1.165) is 25.7 Å². The fourth-order valence-corrected chi connectivity index (χ4v) is 3.86. The number of nitrogens with one attached hydrogen (secondary N) is 1. The second-order valence-electron chi connectivity index (χ2n) is 8.21. The van der Waals surface area contributed by atoms with E-state index in [1.807, 2.05) is 6.08 Å². The van der Waals surface area contributed by atoms with Gasteiger partial charge >= 0.3 is 11.9 Å². The summed E-state index contributed by atoms with van der Waals surface area (Å²) in [6.07, 6.45) is 19.8. The van der Waals surface area contributed by atoms with Crippen LogP contribution < -0.4 is 5.32 Å². The number of carbonyl (C=O) groups excluding carboxylic acids is 2. The molecule has 3 N–H and O–H groups in total. The third-order valence-corrected chi connectivity index (χ3v) is 6.29. The van der Waals surface area contributed by atoms with E-state index >= 15 is 0 Å². The van der Waals surface area contributed by atoms with Gasteiger partial charge < -0.3 is 15.2 Å². The Kier molecular flexibility index (Phi) is 18.9. The lowest BCUT2D eigenvalue weighted by Crippen LogP contribution is -2.33. The molecule has 0 aliphatic heterocycles. The highest BCUT2D eigenvalue weighted by Crippen LogP contribution is 2.12. The maximum Gasteiger partial charge on any atom is 0.325 e. The van der Waals surface area contributed by atoms with Gasteiger partial charge in [-0.25, -0.2) is 0 Å². The average molecular weight is 504 g/mol. The Labute approximate surface area is 203 Å². The van der Waals surface area contributed by atoms with Crippen LogP contribution in [0.5, 0.6) is 0 Å². The number of carbonyl (C=O) groups is 3. The molecule has 0 heterocycles.